The van der Waals surface area contributed by atoms with Gasteiger partial charge in [0.05, 0.1) is 15.4 Å². The number of nitrogens with one attached hydrogen (secondary N) is 1. The van der Waals surface area contributed by atoms with Crippen LogP contribution in [-0.4, -0.2) is 44.1 Å². The van der Waals surface area contributed by atoms with Crippen LogP contribution >= 0.6 is 0 Å². The predicted molar refractivity (Wildman–Crippen MR) is 120 cm³/mol. The number of aliphatic carboxylic acids is 1. The standard InChI is InChI=1S/C10H12N2O3.C9H9NO4.C2HF3O2/c1-6-4-9(11-8(3)13)5-10(7(6)2)12(14)15;1-5-3-7(9(11)12)4-8(6(5)2)10(13)14;3-2(4,5)1(6)7/h4-5H,1-3H3,(H,11,13);3-4H,1-2H3,(H,11,12);(H,6,7). The average molecular weight is 517 g/mol. The molecule has 0 radical (unpaired) electrons. The quantitative estimate of drug-likeness (QED) is 0.381. The number of carboxylic acids is 2. The molecule has 0 aliphatic rings. The van der Waals surface area contributed by atoms with E-state index in [2.05, 4.69) is 5.32 Å². The second kappa shape index (κ2) is 12.8. The van der Waals surface area contributed by atoms with E-state index in [1.54, 1.807) is 33.8 Å². The number of benzene rings is 2. The van der Waals surface area contributed by atoms with E-state index in [1.165, 1.54) is 19.1 Å². The van der Waals surface area contributed by atoms with E-state index in [-0.39, 0.29) is 22.8 Å². The summed E-state index contributed by atoms with van der Waals surface area (Å²) >= 11 is 0. The zero-order valence-corrected chi connectivity index (χ0v) is 19.6. The Bertz CT molecular complexity index is 1200. The van der Waals surface area contributed by atoms with Crippen LogP contribution in [0.2, 0.25) is 0 Å². The molecule has 2 aromatic carbocycles. The van der Waals surface area contributed by atoms with Gasteiger partial charge in [-0.25, -0.2) is 9.59 Å². The predicted octanol–water partition coefficient (Wildman–Crippen LogP) is 4.71. The summed E-state index contributed by atoms with van der Waals surface area (Å²) < 4.78 is 31.7. The molecular formula is C21H22F3N3O9. The number of nitro benzene ring substituents is 2. The number of alkyl halides is 3. The van der Waals surface area contributed by atoms with Crippen LogP contribution in [0.4, 0.5) is 30.2 Å². The molecule has 12 nitrogen and oxygen atoms in total. The summed E-state index contributed by atoms with van der Waals surface area (Å²) in [6.07, 6.45) is -5.08. The van der Waals surface area contributed by atoms with E-state index in [0.29, 0.717) is 22.4 Å². The zero-order chi connectivity index (χ0) is 28.5. The maximum absolute atomic E-state index is 10.8. The third-order valence-electron chi connectivity index (χ3n) is 4.48. The smallest absolute Gasteiger partial charge is 0.478 e. The molecule has 2 aromatic rings. The lowest BCUT2D eigenvalue weighted by atomic mass is 10.0. The molecule has 0 heterocycles. The molecule has 0 bridgehead atoms. The van der Waals surface area contributed by atoms with Gasteiger partial charge in [0.25, 0.3) is 11.4 Å². The molecule has 0 saturated carbocycles. The molecule has 0 fully saturated rings. The number of hydrogen-bond acceptors (Lipinski definition) is 7. The third kappa shape index (κ3) is 9.74. The first-order valence-electron chi connectivity index (χ1n) is 9.61. The van der Waals surface area contributed by atoms with Crippen LogP contribution in [0, 0.1) is 47.9 Å². The Hall–Kier alpha value is -4.56. The monoisotopic (exact) mass is 517 g/mol. The summed E-state index contributed by atoms with van der Waals surface area (Å²) in [6, 6.07) is 5.57. The minimum absolute atomic E-state index is 0.0266. The highest BCUT2D eigenvalue weighted by Gasteiger charge is 2.38. The maximum atomic E-state index is 10.8. The Kier molecular flexibility index (Phi) is 11.2. The minimum Gasteiger partial charge on any atom is -0.478 e. The van der Waals surface area contributed by atoms with Gasteiger partial charge in [-0.3, -0.25) is 25.0 Å². The van der Waals surface area contributed by atoms with E-state index >= 15 is 0 Å². The molecule has 1 amide bonds. The lowest BCUT2D eigenvalue weighted by molar-refractivity contribution is -0.385. The van der Waals surface area contributed by atoms with Crippen molar-refractivity contribution < 1.29 is 47.6 Å². The van der Waals surface area contributed by atoms with Crippen molar-refractivity contribution in [2.75, 3.05) is 5.32 Å². The molecule has 196 valence electrons. The fourth-order valence-corrected chi connectivity index (χ4v) is 2.46. The van der Waals surface area contributed by atoms with Crippen LogP contribution in [-0.2, 0) is 9.59 Å². The molecule has 36 heavy (non-hydrogen) atoms. The number of nitrogens with zero attached hydrogens (tertiary/aromatic N) is 2. The summed E-state index contributed by atoms with van der Waals surface area (Å²) in [4.78, 5) is 50.6. The van der Waals surface area contributed by atoms with Gasteiger partial charge in [0, 0.05) is 35.9 Å². The van der Waals surface area contributed by atoms with E-state index < -0.39 is 28.0 Å². The van der Waals surface area contributed by atoms with Gasteiger partial charge in [0.2, 0.25) is 5.91 Å². The third-order valence-corrected chi connectivity index (χ3v) is 4.48. The number of rotatable bonds is 4. The van der Waals surface area contributed by atoms with Crippen molar-refractivity contribution in [3.63, 3.8) is 0 Å². The molecule has 0 aliphatic carbocycles. The van der Waals surface area contributed by atoms with Gasteiger partial charge < -0.3 is 15.5 Å². The first kappa shape index (κ1) is 31.4. The minimum atomic E-state index is -5.08. The van der Waals surface area contributed by atoms with Gasteiger partial charge in [0.15, 0.2) is 0 Å². The highest BCUT2D eigenvalue weighted by molar-refractivity contribution is 5.89. The Morgan fingerprint density at radius 1 is 0.833 bits per heavy atom. The summed E-state index contributed by atoms with van der Waals surface area (Å²) in [7, 11) is 0. The van der Waals surface area contributed by atoms with E-state index in [9.17, 15) is 43.0 Å². The second-order valence-corrected chi connectivity index (χ2v) is 7.18. The number of halogens is 3. The molecular weight excluding hydrogens is 495 g/mol. The van der Waals surface area contributed by atoms with Crippen molar-refractivity contribution >= 4 is 34.9 Å². The van der Waals surface area contributed by atoms with E-state index in [4.69, 9.17) is 15.0 Å². The van der Waals surface area contributed by atoms with Crippen molar-refractivity contribution in [2.24, 2.45) is 0 Å². The molecule has 0 aromatic heterocycles. The van der Waals surface area contributed by atoms with Gasteiger partial charge in [-0.05, 0) is 51.0 Å². The van der Waals surface area contributed by atoms with Crippen LogP contribution in [0.1, 0.15) is 39.5 Å². The number of carboxylic acid groups (broad SMARTS) is 2. The Balaban J connectivity index is 0.000000545. The van der Waals surface area contributed by atoms with Crippen molar-refractivity contribution in [2.45, 2.75) is 40.8 Å². The Morgan fingerprint density at radius 2 is 1.22 bits per heavy atom. The maximum Gasteiger partial charge on any atom is 0.490 e. The number of carbonyl (C=O) groups is 3. The number of amides is 1. The SMILES string of the molecule is CC(=O)Nc1cc(C)c(C)c([N+](=O)[O-])c1.Cc1cc(C(=O)O)cc([N+](=O)[O-])c1C.O=C(O)C(F)(F)F. The van der Waals surface area contributed by atoms with Gasteiger partial charge in [-0.2, -0.15) is 13.2 Å². The summed E-state index contributed by atoms with van der Waals surface area (Å²) in [5.74, 6) is -4.16. The topological polar surface area (TPSA) is 190 Å². The number of nitro groups is 2. The fourth-order valence-electron chi connectivity index (χ4n) is 2.46. The number of anilines is 1. The van der Waals surface area contributed by atoms with Gasteiger partial charge in [-0.1, -0.05) is 0 Å². The number of aromatic carboxylic acids is 1. The Labute approximate surface area is 201 Å². The van der Waals surface area contributed by atoms with Crippen molar-refractivity contribution in [3.8, 4) is 0 Å². The molecule has 0 saturated heterocycles. The van der Waals surface area contributed by atoms with Crippen LogP contribution in [0.3, 0.4) is 0 Å². The highest BCUT2D eigenvalue weighted by atomic mass is 19.4. The van der Waals surface area contributed by atoms with Crippen molar-refractivity contribution in [3.05, 3.63) is 72.3 Å². The molecule has 3 N–H and O–H groups in total. The van der Waals surface area contributed by atoms with Crippen LogP contribution in [0.25, 0.3) is 0 Å². The van der Waals surface area contributed by atoms with Crippen LogP contribution in [0.5, 0.6) is 0 Å². The lowest BCUT2D eigenvalue weighted by Crippen LogP contribution is -2.21. The molecule has 0 aliphatic heterocycles. The van der Waals surface area contributed by atoms with Crippen molar-refractivity contribution in [1.29, 1.82) is 0 Å². The van der Waals surface area contributed by atoms with E-state index in [0.717, 1.165) is 11.6 Å². The van der Waals surface area contributed by atoms with Gasteiger partial charge in [-0.15, -0.1) is 0 Å². The molecule has 15 heteroatoms. The molecule has 0 unspecified atom stereocenters. The van der Waals surface area contributed by atoms with Gasteiger partial charge >= 0.3 is 18.1 Å². The van der Waals surface area contributed by atoms with Gasteiger partial charge in [0.1, 0.15) is 0 Å². The zero-order valence-electron chi connectivity index (χ0n) is 19.6. The lowest BCUT2D eigenvalue weighted by Gasteiger charge is -2.06. The summed E-state index contributed by atoms with van der Waals surface area (Å²) in [6.45, 7) is 8.06. The first-order chi connectivity index (χ1) is 16.3. The van der Waals surface area contributed by atoms with E-state index in [1.807, 2.05) is 0 Å². The largest absolute Gasteiger partial charge is 0.490 e. The van der Waals surface area contributed by atoms with Crippen molar-refractivity contribution in [1.82, 2.24) is 0 Å². The summed E-state index contributed by atoms with van der Waals surface area (Å²) in [5.41, 5.74) is 2.79. The number of aryl methyl sites for hydroxylation is 2. The molecule has 2 rings (SSSR count). The molecule has 0 atom stereocenters. The molecule has 0 spiro atoms. The fraction of sp³-hybridized carbons (Fsp3) is 0.286. The second-order valence-electron chi connectivity index (χ2n) is 7.18. The van der Waals surface area contributed by atoms with Crippen LogP contribution < -0.4 is 5.32 Å². The number of hydrogen-bond donors (Lipinski definition) is 3. The summed E-state index contributed by atoms with van der Waals surface area (Å²) in [5, 5.41) is 39.6. The Morgan fingerprint density at radius 3 is 1.56 bits per heavy atom. The average Bonchev–Trinajstić information content (AvgIpc) is 2.71. The first-order valence-corrected chi connectivity index (χ1v) is 9.61. The normalized spacial score (nSPS) is 10.1. The highest BCUT2D eigenvalue weighted by Crippen LogP contribution is 2.26. The number of carbonyl (C=O) groups excluding carboxylic acids is 1. The van der Waals surface area contributed by atoms with Crippen LogP contribution in [0.15, 0.2) is 24.3 Å².